The van der Waals surface area contributed by atoms with Gasteiger partial charge in [-0.1, -0.05) is 17.2 Å². The van der Waals surface area contributed by atoms with Crippen LogP contribution < -0.4 is 5.32 Å². The van der Waals surface area contributed by atoms with E-state index in [0.29, 0.717) is 5.15 Å². The molecular formula is C14H14ClN3. The molecule has 2 aromatic heterocycles. The Morgan fingerprint density at radius 2 is 2.06 bits per heavy atom. The van der Waals surface area contributed by atoms with E-state index in [1.54, 1.807) is 12.3 Å². The lowest BCUT2D eigenvalue weighted by Gasteiger charge is -2.14. The van der Waals surface area contributed by atoms with Crippen LogP contribution in [0.3, 0.4) is 0 Å². The molecule has 1 aliphatic rings. The van der Waals surface area contributed by atoms with Gasteiger partial charge in [-0.15, -0.1) is 0 Å². The van der Waals surface area contributed by atoms with Gasteiger partial charge in [0.2, 0.25) is 0 Å². The Morgan fingerprint density at radius 3 is 2.89 bits per heavy atom. The predicted octanol–water partition coefficient (Wildman–Crippen LogP) is 3.05. The summed E-state index contributed by atoms with van der Waals surface area (Å²) in [6.45, 7) is 2.13. The van der Waals surface area contributed by atoms with E-state index in [1.807, 2.05) is 12.1 Å². The largest absolute Gasteiger partial charge is 0.316 e. The molecule has 0 radical (unpaired) electrons. The Labute approximate surface area is 111 Å². The highest BCUT2D eigenvalue weighted by atomic mass is 35.5. The van der Waals surface area contributed by atoms with Crippen molar-refractivity contribution in [1.82, 2.24) is 15.3 Å². The van der Waals surface area contributed by atoms with Gasteiger partial charge >= 0.3 is 0 Å². The molecule has 0 atom stereocenters. The van der Waals surface area contributed by atoms with Crippen molar-refractivity contribution in [2.45, 2.75) is 12.8 Å². The molecule has 1 saturated heterocycles. The highest BCUT2D eigenvalue weighted by molar-refractivity contribution is 6.29. The Kier molecular flexibility index (Phi) is 3.26. The molecule has 3 rings (SSSR count). The van der Waals surface area contributed by atoms with Gasteiger partial charge in [0.1, 0.15) is 5.15 Å². The molecule has 1 N–H and O–H groups in total. The number of nitrogens with one attached hydrogen (secondary N) is 1. The van der Waals surface area contributed by atoms with E-state index in [1.165, 1.54) is 5.57 Å². The molecule has 1 aliphatic heterocycles. The minimum absolute atomic E-state index is 0.488. The molecule has 0 aromatic carbocycles. The number of halogens is 1. The van der Waals surface area contributed by atoms with Crippen molar-refractivity contribution in [2.24, 2.45) is 0 Å². The summed E-state index contributed by atoms with van der Waals surface area (Å²) in [6, 6.07) is 5.88. The smallest absolute Gasteiger partial charge is 0.131 e. The zero-order chi connectivity index (χ0) is 12.4. The summed E-state index contributed by atoms with van der Waals surface area (Å²) in [4.78, 5) is 8.66. The van der Waals surface area contributed by atoms with Crippen LogP contribution in [0.15, 0.2) is 30.0 Å². The third-order valence-electron chi connectivity index (χ3n) is 3.16. The van der Waals surface area contributed by atoms with E-state index in [9.17, 15) is 0 Å². The van der Waals surface area contributed by atoms with Crippen LogP contribution in [0.2, 0.25) is 5.15 Å². The van der Waals surface area contributed by atoms with E-state index >= 15 is 0 Å². The summed E-state index contributed by atoms with van der Waals surface area (Å²) in [5, 5.41) is 4.86. The molecule has 92 valence electrons. The summed E-state index contributed by atoms with van der Waals surface area (Å²) in [7, 11) is 0. The fraction of sp³-hybridized carbons (Fsp3) is 0.286. The Hall–Kier alpha value is -1.45. The Balaban J connectivity index is 1.97. The molecule has 3 nitrogen and oxygen atoms in total. The molecule has 0 amide bonds. The number of nitrogens with zero attached hydrogens (tertiary/aromatic N) is 2. The SMILES string of the molecule is Clc1cc2nc(C=C3CCNCC3)ccc2cn1. The lowest BCUT2D eigenvalue weighted by molar-refractivity contribution is 0.613. The van der Waals surface area contributed by atoms with Crippen LogP contribution in [0, 0.1) is 0 Å². The summed E-state index contributed by atoms with van der Waals surface area (Å²) in [6.07, 6.45) is 6.16. The summed E-state index contributed by atoms with van der Waals surface area (Å²) in [5.74, 6) is 0. The van der Waals surface area contributed by atoms with Crippen molar-refractivity contribution < 1.29 is 0 Å². The number of piperidine rings is 1. The van der Waals surface area contributed by atoms with Crippen LogP contribution in [0.4, 0.5) is 0 Å². The Bertz CT molecular complexity index is 599. The van der Waals surface area contributed by atoms with E-state index in [4.69, 9.17) is 11.6 Å². The van der Waals surface area contributed by atoms with Crippen LogP contribution >= 0.6 is 11.6 Å². The van der Waals surface area contributed by atoms with Crippen molar-refractivity contribution in [3.63, 3.8) is 0 Å². The van der Waals surface area contributed by atoms with Gasteiger partial charge in [-0.25, -0.2) is 9.97 Å². The average Bonchev–Trinajstić information content (AvgIpc) is 2.39. The lowest BCUT2D eigenvalue weighted by Crippen LogP contribution is -2.22. The second kappa shape index (κ2) is 5.04. The van der Waals surface area contributed by atoms with E-state index < -0.39 is 0 Å². The van der Waals surface area contributed by atoms with Crippen LogP contribution in [0.5, 0.6) is 0 Å². The van der Waals surface area contributed by atoms with Crippen molar-refractivity contribution in [3.05, 3.63) is 40.8 Å². The Morgan fingerprint density at radius 1 is 1.22 bits per heavy atom. The molecule has 2 aromatic rings. The zero-order valence-electron chi connectivity index (χ0n) is 9.99. The molecule has 0 saturated carbocycles. The second-order valence-corrected chi connectivity index (χ2v) is 4.88. The average molecular weight is 260 g/mol. The zero-order valence-corrected chi connectivity index (χ0v) is 10.7. The van der Waals surface area contributed by atoms with Gasteiger partial charge in [-0.3, -0.25) is 0 Å². The molecule has 0 unspecified atom stereocenters. The minimum atomic E-state index is 0.488. The first-order valence-corrected chi connectivity index (χ1v) is 6.51. The van der Waals surface area contributed by atoms with E-state index in [-0.39, 0.29) is 0 Å². The molecule has 3 heterocycles. The third-order valence-corrected chi connectivity index (χ3v) is 3.37. The van der Waals surface area contributed by atoms with E-state index in [0.717, 1.165) is 42.5 Å². The van der Waals surface area contributed by atoms with Gasteiger partial charge < -0.3 is 5.32 Å². The number of aromatic nitrogens is 2. The second-order valence-electron chi connectivity index (χ2n) is 4.49. The van der Waals surface area contributed by atoms with Gasteiger partial charge in [0.05, 0.1) is 11.2 Å². The predicted molar refractivity (Wildman–Crippen MR) is 74.6 cm³/mol. The first kappa shape index (κ1) is 11.6. The van der Waals surface area contributed by atoms with Crippen LogP contribution in [-0.2, 0) is 0 Å². The maximum atomic E-state index is 5.89. The molecule has 0 aliphatic carbocycles. The minimum Gasteiger partial charge on any atom is -0.316 e. The van der Waals surface area contributed by atoms with Gasteiger partial charge in [0.25, 0.3) is 0 Å². The maximum absolute atomic E-state index is 5.89. The number of hydrogen-bond acceptors (Lipinski definition) is 3. The van der Waals surface area contributed by atoms with Crippen LogP contribution in [0.25, 0.3) is 17.0 Å². The fourth-order valence-corrected chi connectivity index (χ4v) is 2.34. The highest BCUT2D eigenvalue weighted by Gasteiger charge is 2.05. The van der Waals surface area contributed by atoms with Gasteiger partial charge in [0, 0.05) is 17.6 Å². The van der Waals surface area contributed by atoms with Crippen molar-refractivity contribution in [2.75, 3.05) is 13.1 Å². The standard InChI is InChI=1S/C14H14ClN3/c15-14-8-13-11(9-17-14)1-2-12(18-13)7-10-3-5-16-6-4-10/h1-2,7-9,16H,3-6H2. The van der Waals surface area contributed by atoms with Crippen molar-refractivity contribution in [1.29, 1.82) is 0 Å². The maximum Gasteiger partial charge on any atom is 0.131 e. The molecule has 4 heteroatoms. The highest BCUT2D eigenvalue weighted by Crippen LogP contribution is 2.18. The van der Waals surface area contributed by atoms with Crippen molar-refractivity contribution in [3.8, 4) is 0 Å². The molecular weight excluding hydrogens is 246 g/mol. The van der Waals surface area contributed by atoms with Crippen molar-refractivity contribution >= 4 is 28.6 Å². The van der Waals surface area contributed by atoms with E-state index in [2.05, 4.69) is 21.4 Å². The van der Waals surface area contributed by atoms with Gasteiger partial charge in [-0.05, 0) is 44.1 Å². The quantitative estimate of drug-likeness (QED) is 0.800. The third kappa shape index (κ3) is 2.52. The summed E-state index contributed by atoms with van der Waals surface area (Å²) >= 11 is 5.89. The van der Waals surface area contributed by atoms with Crippen LogP contribution in [-0.4, -0.2) is 23.1 Å². The van der Waals surface area contributed by atoms with Gasteiger partial charge in [-0.2, -0.15) is 0 Å². The number of hydrogen-bond donors (Lipinski definition) is 1. The number of fused-ring (bicyclic) bond motifs is 1. The van der Waals surface area contributed by atoms with Gasteiger partial charge in [0.15, 0.2) is 0 Å². The molecule has 1 fully saturated rings. The summed E-state index contributed by atoms with van der Waals surface area (Å²) < 4.78 is 0. The first-order valence-electron chi connectivity index (χ1n) is 6.14. The normalized spacial score (nSPS) is 15.9. The lowest BCUT2D eigenvalue weighted by atomic mass is 10.0. The first-order chi connectivity index (χ1) is 8.81. The fourth-order valence-electron chi connectivity index (χ4n) is 2.19. The molecule has 18 heavy (non-hydrogen) atoms. The topological polar surface area (TPSA) is 37.8 Å². The molecule has 0 bridgehead atoms. The summed E-state index contributed by atoms with van der Waals surface area (Å²) in [5.41, 5.74) is 3.36. The monoisotopic (exact) mass is 259 g/mol. The molecule has 0 spiro atoms. The van der Waals surface area contributed by atoms with Crippen LogP contribution in [0.1, 0.15) is 18.5 Å². The number of pyridine rings is 2. The number of rotatable bonds is 1.